The van der Waals surface area contributed by atoms with Gasteiger partial charge in [0, 0.05) is 17.5 Å². The van der Waals surface area contributed by atoms with Crippen molar-refractivity contribution in [2.45, 2.75) is 6.42 Å². The number of carbonyl (C=O) groups excluding carboxylic acids is 1. The summed E-state index contributed by atoms with van der Waals surface area (Å²) in [5.41, 5.74) is 0.928. The van der Waals surface area contributed by atoms with E-state index in [2.05, 4.69) is 17.0 Å². The van der Waals surface area contributed by atoms with Crippen molar-refractivity contribution in [3.05, 3.63) is 34.9 Å². The molecule has 1 aromatic rings. The molecule has 0 unspecified atom stereocenters. The van der Waals surface area contributed by atoms with Gasteiger partial charge in [0.1, 0.15) is 0 Å². The van der Waals surface area contributed by atoms with Crippen LogP contribution in [0.25, 0.3) is 0 Å². The van der Waals surface area contributed by atoms with Crippen LogP contribution in [0.3, 0.4) is 0 Å². The largest absolute Gasteiger partial charge is 0.249 e. The van der Waals surface area contributed by atoms with Crippen molar-refractivity contribution in [2.75, 3.05) is 0 Å². The summed E-state index contributed by atoms with van der Waals surface area (Å²) < 4.78 is 0. The number of nitrogens with zero attached hydrogens (tertiary/aromatic N) is 1. The van der Waals surface area contributed by atoms with Crippen LogP contribution in [0.5, 0.6) is 0 Å². The zero-order valence-corrected chi connectivity index (χ0v) is 7.51. The Morgan fingerprint density at radius 3 is 2.85 bits per heavy atom. The lowest BCUT2D eigenvalue weighted by molar-refractivity contribution is 0.565. The second-order valence-electron chi connectivity index (χ2n) is 2.26. The summed E-state index contributed by atoms with van der Waals surface area (Å²) >= 11 is 5.86. The molecule has 1 aromatic carbocycles. The minimum Gasteiger partial charge on any atom is -0.210 e. The van der Waals surface area contributed by atoms with Gasteiger partial charge in [0.2, 0.25) is 6.08 Å². The van der Waals surface area contributed by atoms with Crippen molar-refractivity contribution >= 4 is 17.7 Å². The standard InChI is InChI=1S/C10H6ClNO/c11-10-6-2-1-4-9(10)5-3-7-12-8-13/h1-2,4,6H,5H2. The smallest absolute Gasteiger partial charge is 0.210 e. The van der Waals surface area contributed by atoms with Crippen molar-refractivity contribution < 1.29 is 4.79 Å². The number of halogens is 1. The highest BCUT2D eigenvalue weighted by Gasteiger charge is 1.94. The monoisotopic (exact) mass is 191 g/mol. The number of hydrogen-bond acceptors (Lipinski definition) is 2. The number of aliphatic imine (C=N–C) groups is 1. The van der Waals surface area contributed by atoms with E-state index in [1.54, 1.807) is 6.07 Å². The first-order valence-corrected chi connectivity index (χ1v) is 4.00. The van der Waals surface area contributed by atoms with Crippen molar-refractivity contribution in [2.24, 2.45) is 4.99 Å². The Balaban J connectivity index is 2.71. The Morgan fingerprint density at radius 1 is 1.38 bits per heavy atom. The lowest BCUT2D eigenvalue weighted by atomic mass is 10.2. The number of isocyanates is 1. The molecule has 0 heterocycles. The summed E-state index contributed by atoms with van der Waals surface area (Å²) in [7, 11) is 0. The maximum absolute atomic E-state index is 9.66. The summed E-state index contributed by atoms with van der Waals surface area (Å²) in [6.07, 6.45) is 1.83. The molecule has 0 amide bonds. The lowest BCUT2D eigenvalue weighted by Gasteiger charge is -1.96. The minimum absolute atomic E-state index is 0.491. The first-order valence-electron chi connectivity index (χ1n) is 3.62. The van der Waals surface area contributed by atoms with E-state index < -0.39 is 0 Å². The van der Waals surface area contributed by atoms with Crippen molar-refractivity contribution in [1.82, 2.24) is 0 Å². The van der Waals surface area contributed by atoms with E-state index in [1.807, 2.05) is 18.2 Å². The van der Waals surface area contributed by atoms with Gasteiger partial charge in [-0.15, -0.1) is 4.99 Å². The van der Waals surface area contributed by atoms with Gasteiger partial charge in [-0.05, 0) is 11.6 Å². The van der Waals surface area contributed by atoms with Gasteiger partial charge in [-0.1, -0.05) is 35.7 Å². The van der Waals surface area contributed by atoms with E-state index >= 15 is 0 Å². The Kier molecular flexibility index (Phi) is 3.78. The SMILES string of the molecule is O=C=NC#CCc1ccccc1Cl. The van der Waals surface area contributed by atoms with E-state index in [0.29, 0.717) is 11.4 Å². The molecule has 3 heteroatoms. The molecular formula is C10H6ClNO. The van der Waals surface area contributed by atoms with Gasteiger partial charge >= 0.3 is 0 Å². The van der Waals surface area contributed by atoms with E-state index in [9.17, 15) is 4.79 Å². The predicted molar refractivity (Wildman–Crippen MR) is 51.1 cm³/mol. The normalized spacial score (nSPS) is 8.08. The summed E-state index contributed by atoms with van der Waals surface area (Å²) in [4.78, 5) is 12.8. The quantitative estimate of drug-likeness (QED) is 0.380. The van der Waals surface area contributed by atoms with Gasteiger partial charge in [-0.25, -0.2) is 4.79 Å². The Morgan fingerprint density at radius 2 is 2.15 bits per heavy atom. The molecule has 13 heavy (non-hydrogen) atoms. The maximum atomic E-state index is 9.66. The Hall–Kier alpha value is -1.55. The van der Waals surface area contributed by atoms with Crippen LogP contribution >= 0.6 is 11.6 Å². The fourth-order valence-corrected chi connectivity index (χ4v) is 1.04. The third-order valence-electron chi connectivity index (χ3n) is 1.42. The first-order chi connectivity index (χ1) is 6.34. The van der Waals surface area contributed by atoms with Crippen LogP contribution in [0.2, 0.25) is 5.02 Å². The van der Waals surface area contributed by atoms with Gasteiger partial charge in [0.05, 0.1) is 0 Å². The molecule has 0 bridgehead atoms. The fraction of sp³-hybridized carbons (Fsp3) is 0.100. The molecule has 0 saturated carbocycles. The molecule has 0 aromatic heterocycles. The van der Waals surface area contributed by atoms with Crippen molar-refractivity contribution in [1.29, 1.82) is 0 Å². The average Bonchev–Trinajstić information content (AvgIpc) is 2.15. The van der Waals surface area contributed by atoms with E-state index in [-0.39, 0.29) is 0 Å². The molecule has 0 spiro atoms. The molecule has 1 rings (SSSR count). The Bertz CT molecular complexity index is 397. The van der Waals surface area contributed by atoms with E-state index in [0.717, 1.165) is 5.56 Å². The zero-order chi connectivity index (χ0) is 9.52. The molecule has 0 radical (unpaired) electrons. The third kappa shape index (κ3) is 3.13. The summed E-state index contributed by atoms with van der Waals surface area (Å²) in [5, 5.41) is 0.673. The van der Waals surface area contributed by atoms with E-state index in [1.165, 1.54) is 6.08 Å². The third-order valence-corrected chi connectivity index (χ3v) is 1.79. The van der Waals surface area contributed by atoms with Crippen LogP contribution in [-0.2, 0) is 11.2 Å². The maximum Gasteiger partial charge on any atom is 0.249 e. The highest BCUT2D eigenvalue weighted by molar-refractivity contribution is 6.31. The van der Waals surface area contributed by atoms with Crippen LogP contribution in [0, 0.1) is 12.0 Å². The van der Waals surface area contributed by atoms with Gasteiger partial charge in [-0.3, -0.25) is 0 Å². The van der Waals surface area contributed by atoms with Crippen molar-refractivity contribution in [3.63, 3.8) is 0 Å². The summed E-state index contributed by atoms with van der Waals surface area (Å²) in [6.45, 7) is 0. The molecule has 0 aliphatic carbocycles. The zero-order valence-electron chi connectivity index (χ0n) is 6.75. The topological polar surface area (TPSA) is 29.4 Å². The molecule has 0 aliphatic rings. The van der Waals surface area contributed by atoms with Crippen LogP contribution < -0.4 is 0 Å². The molecule has 0 saturated heterocycles. The average molecular weight is 192 g/mol. The van der Waals surface area contributed by atoms with Gasteiger partial charge in [-0.2, -0.15) is 0 Å². The molecule has 0 N–H and O–H groups in total. The number of rotatable bonds is 1. The highest BCUT2D eigenvalue weighted by Crippen LogP contribution is 2.14. The fourth-order valence-electron chi connectivity index (χ4n) is 0.839. The second kappa shape index (κ2) is 5.16. The molecule has 64 valence electrons. The van der Waals surface area contributed by atoms with Crippen LogP contribution in [0.1, 0.15) is 5.56 Å². The van der Waals surface area contributed by atoms with E-state index in [4.69, 9.17) is 11.6 Å². The van der Waals surface area contributed by atoms with Crippen LogP contribution in [-0.4, -0.2) is 6.08 Å². The molecule has 0 atom stereocenters. The molecule has 0 fully saturated rings. The lowest BCUT2D eigenvalue weighted by Crippen LogP contribution is -1.81. The minimum atomic E-state index is 0.491. The molecular weight excluding hydrogens is 186 g/mol. The van der Waals surface area contributed by atoms with Crippen molar-refractivity contribution in [3.8, 4) is 12.0 Å². The number of hydrogen-bond donors (Lipinski definition) is 0. The summed E-state index contributed by atoms with van der Waals surface area (Å²) in [5.74, 6) is 2.68. The van der Waals surface area contributed by atoms with Gasteiger partial charge in [0.15, 0.2) is 0 Å². The number of benzene rings is 1. The summed E-state index contributed by atoms with van der Waals surface area (Å²) in [6, 6.07) is 9.70. The first kappa shape index (κ1) is 9.54. The van der Waals surface area contributed by atoms with Gasteiger partial charge < -0.3 is 0 Å². The van der Waals surface area contributed by atoms with Crippen LogP contribution in [0.4, 0.5) is 0 Å². The van der Waals surface area contributed by atoms with Crippen LogP contribution in [0.15, 0.2) is 29.3 Å². The second-order valence-corrected chi connectivity index (χ2v) is 2.67. The molecule has 0 aliphatic heterocycles. The Labute approximate surface area is 81.3 Å². The predicted octanol–water partition coefficient (Wildman–Crippen LogP) is 2.18. The molecule has 2 nitrogen and oxygen atoms in total. The van der Waals surface area contributed by atoms with Gasteiger partial charge in [0.25, 0.3) is 0 Å². The highest BCUT2D eigenvalue weighted by atomic mass is 35.5.